The highest BCUT2D eigenvalue weighted by atomic mass is 35.5. The molecule has 2 aromatic rings. The molecule has 0 spiro atoms. The molecule has 3 aliphatic heterocycles. The number of halogens is 1. The quantitative estimate of drug-likeness (QED) is 0.402. The van der Waals surface area contributed by atoms with Gasteiger partial charge in [-0.25, -0.2) is 13.1 Å². The Morgan fingerprint density at radius 3 is 2.49 bits per heavy atom. The first kappa shape index (κ1) is 34.5. The maximum Gasteiger partial charge on any atom is 0.264 e. The lowest BCUT2D eigenvalue weighted by molar-refractivity contribution is 0.0541. The first-order chi connectivity index (χ1) is 22.6. The number of rotatable bonds is 2. The number of hydrogen-bond acceptors (Lipinski definition) is 7. The summed E-state index contributed by atoms with van der Waals surface area (Å²) in [7, 11) is -1.64. The Kier molecular flexibility index (Phi) is 11.1. The number of benzene rings is 2. The summed E-state index contributed by atoms with van der Waals surface area (Å²) >= 11 is 6.38. The molecule has 0 unspecified atom stereocenters. The largest absolute Gasteiger partial charge is 0.487 e. The molecule has 2 aromatic carbocycles. The normalized spacial score (nSPS) is 29.7. The molecule has 4 aliphatic rings. The van der Waals surface area contributed by atoms with E-state index >= 15 is 0 Å². The van der Waals surface area contributed by atoms with Gasteiger partial charge in [0.05, 0.1) is 10.9 Å². The van der Waals surface area contributed by atoms with E-state index in [0.29, 0.717) is 29.9 Å². The Morgan fingerprint density at radius 1 is 0.915 bits per heavy atom. The molecular formula is C37H53ClN4O4S. The summed E-state index contributed by atoms with van der Waals surface area (Å²) in [6.45, 7) is 11.5. The summed E-state index contributed by atoms with van der Waals surface area (Å²) < 4.78 is 35.8. The van der Waals surface area contributed by atoms with Crippen molar-refractivity contribution in [1.82, 2.24) is 14.5 Å². The molecule has 1 saturated carbocycles. The van der Waals surface area contributed by atoms with Gasteiger partial charge in [0.25, 0.3) is 5.91 Å². The summed E-state index contributed by atoms with van der Waals surface area (Å²) in [5.41, 5.74) is 3.55. The van der Waals surface area contributed by atoms with E-state index in [1.807, 2.05) is 31.2 Å². The second-order valence-electron chi connectivity index (χ2n) is 14.7. The minimum absolute atomic E-state index is 0.0521. The zero-order chi connectivity index (χ0) is 33.1. The van der Waals surface area contributed by atoms with E-state index in [-0.39, 0.29) is 5.92 Å². The topological polar surface area (TPSA) is 82.2 Å². The van der Waals surface area contributed by atoms with Gasteiger partial charge < -0.3 is 19.4 Å². The lowest BCUT2D eigenvalue weighted by Gasteiger charge is -2.47. The van der Waals surface area contributed by atoms with Crippen LogP contribution in [-0.4, -0.2) is 82.2 Å². The fourth-order valence-corrected chi connectivity index (χ4v) is 9.64. The average molecular weight is 685 g/mol. The van der Waals surface area contributed by atoms with E-state index < -0.39 is 21.2 Å². The van der Waals surface area contributed by atoms with E-state index in [1.54, 1.807) is 13.0 Å². The Bertz CT molecular complexity index is 1510. The fraction of sp³-hybridized carbons (Fsp3) is 0.649. The predicted molar refractivity (Wildman–Crippen MR) is 190 cm³/mol. The molecule has 8 nitrogen and oxygen atoms in total. The molecule has 3 heterocycles. The molecule has 0 radical (unpaired) electrons. The molecule has 1 aliphatic carbocycles. The van der Waals surface area contributed by atoms with Crippen LogP contribution >= 0.6 is 11.6 Å². The van der Waals surface area contributed by atoms with Crippen LogP contribution in [-0.2, 0) is 23.1 Å². The number of likely N-dealkylation sites (N-methyl/N-ethyl adjacent to an activating group) is 1. The number of hydrogen-bond donors (Lipinski definition) is 1. The van der Waals surface area contributed by atoms with E-state index in [2.05, 4.69) is 32.5 Å². The first-order valence-corrected chi connectivity index (χ1v) is 19.8. The highest BCUT2D eigenvalue weighted by Gasteiger charge is 2.39. The molecule has 258 valence electrons. The average Bonchev–Trinajstić information content (AvgIpc) is 3.06. The Balaban J connectivity index is 1.34. The minimum Gasteiger partial charge on any atom is -0.487 e. The van der Waals surface area contributed by atoms with Gasteiger partial charge in [0.1, 0.15) is 12.4 Å². The smallest absolute Gasteiger partial charge is 0.264 e. The first-order valence-electron chi connectivity index (χ1n) is 17.8. The van der Waals surface area contributed by atoms with Crippen molar-refractivity contribution in [3.8, 4) is 5.75 Å². The summed E-state index contributed by atoms with van der Waals surface area (Å²) in [6, 6.07) is 11.4. The van der Waals surface area contributed by atoms with Gasteiger partial charge in [-0.2, -0.15) is 0 Å². The number of nitrogens with one attached hydrogen (secondary N) is 1. The number of carbonyl (C=O) groups is 1. The van der Waals surface area contributed by atoms with Gasteiger partial charge in [-0.1, -0.05) is 31.0 Å². The molecule has 5 atom stereocenters. The van der Waals surface area contributed by atoms with Gasteiger partial charge in [-0.3, -0.25) is 4.79 Å². The number of carbonyl (C=O) groups excluding carboxylic acids is 1. The number of aryl methyl sites for hydroxylation is 1. The van der Waals surface area contributed by atoms with Crippen LogP contribution in [0.1, 0.15) is 80.3 Å². The van der Waals surface area contributed by atoms with Gasteiger partial charge in [0.15, 0.2) is 0 Å². The zero-order valence-electron chi connectivity index (χ0n) is 28.4. The Morgan fingerprint density at radius 2 is 1.72 bits per heavy atom. The monoisotopic (exact) mass is 684 g/mol. The lowest BCUT2D eigenvalue weighted by atomic mass is 9.65. The third-order valence-corrected chi connectivity index (χ3v) is 13.8. The summed E-state index contributed by atoms with van der Waals surface area (Å²) in [6.07, 6.45) is 8.37. The molecule has 0 aromatic heterocycles. The van der Waals surface area contributed by atoms with Crippen LogP contribution in [0.4, 0.5) is 5.69 Å². The van der Waals surface area contributed by atoms with Crippen molar-refractivity contribution in [2.75, 3.05) is 57.8 Å². The van der Waals surface area contributed by atoms with Crippen LogP contribution in [0.25, 0.3) is 0 Å². The van der Waals surface area contributed by atoms with Crippen molar-refractivity contribution in [1.29, 1.82) is 0 Å². The van der Waals surface area contributed by atoms with Crippen molar-refractivity contribution >= 4 is 33.2 Å². The molecule has 1 amide bonds. The van der Waals surface area contributed by atoms with Gasteiger partial charge >= 0.3 is 0 Å². The molecule has 2 fully saturated rings. The predicted octanol–water partition coefficient (Wildman–Crippen LogP) is 6.22. The van der Waals surface area contributed by atoms with E-state index in [4.69, 9.17) is 16.3 Å². The van der Waals surface area contributed by atoms with Gasteiger partial charge in [0.2, 0.25) is 10.0 Å². The van der Waals surface area contributed by atoms with Crippen molar-refractivity contribution in [3.05, 3.63) is 58.1 Å². The number of fused-ring (bicyclic) bond motifs is 3. The summed E-state index contributed by atoms with van der Waals surface area (Å²) in [5, 5.41) is 0.0710. The number of nitrogens with zero attached hydrogens (tertiary/aromatic N) is 3. The minimum atomic E-state index is -3.85. The molecular weight excluding hydrogens is 632 g/mol. The van der Waals surface area contributed by atoms with Crippen LogP contribution in [0.3, 0.4) is 0 Å². The highest BCUT2D eigenvalue weighted by molar-refractivity contribution is 7.90. The van der Waals surface area contributed by atoms with Crippen LogP contribution in [0, 0.1) is 23.7 Å². The van der Waals surface area contributed by atoms with Crippen LogP contribution in [0.2, 0.25) is 5.02 Å². The van der Waals surface area contributed by atoms with Crippen LogP contribution in [0.5, 0.6) is 5.75 Å². The van der Waals surface area contributed by atoms with Gasteiger partial charge in [-0.15, -0.1) is 0 Å². The van der Waals surface area contributed by atoms with E-state index in [1.165, 1.54) is 18.4 Å². The van der Waals surface area contributed by atoms with Crippen molar-refractivity contribution in [2.45, 2.75) is 77.1 Å². The Labute approximate surface area is 287 Å². The molecule has 1 N–H and O–H groups in total. The zero-order valence-corrected chi connectivity index (χ0v) is 30.0. The third-order valence-electron chi connectivity index (χ3n) is 11.6. The van der Waals surface area contributed by atoms with Gasteiger partial charge in [-0.05, 0) is 124 Å². The second kappa shape index (κ2) is 15.1. The number of amides is 1. The third kappa shape index (κ3) is 8.28. The summed E-state index contributed by atoms with van der Waals surface area (Å²) in [4.78, 5) is 21.0. The Hall–Kier alpha value is -2.33. The molecule has 10 heteroatoms. The van der Waals surface area contributed by atoms with E-state index in [9.17, 15) is 13.2 Å². The maximum absolute atomic E-state index is 13.5. The lowest BCUT2D eigenvalue weighted by Crippen LogP contribution is -2.49. The van der Waals surface area contributed by atoms with E-state index in [0.717, 1.165) is 106 Å². The maximum atomic E-state index is 13.5. The fourth-order valence-electron chi connectivity index (χ4n) is 8.13. The van der Waals surface area contributed by atoms with Gasteiger partial charge in [0, 0.05) is 56.4 Å². The molecule has 2 bridgehead atoms. The summed E-state index contributed by atoms with van der Waals surface area (Å²) in [5.74, 6) is 1.89. The number of sulfonamides is 1. The van der Waals surface area contributed by atoms with Crippen molar-refractivity contribution in [2.24, 2.45) is 23.7 Å². The van der Waals surface area contributed by atoms with Crippen molar-refractivity contribution < 1.29 is 17.9 Å². The van der Waals surface area contributed by atoms with Crippen LogP contribution < -0.4 is 14.4 Å². The highest BCUT2D eigenvalue weighted by Crippen LogP contribution is 2.44. The molecule has 6 rings (SSSR count). The number of ether oxygens (including phenoxy) is 1. The molecule has 1 saturated heterocycles. The SMILES string of the molecule is C[C@@H]1[C@@H](C)CCC[C@H](CN2CCN(C)CC2)[C@@H]2CC[C@H]2CN2CCCCc3cc(Cl)ccc3COc3ccc(cc32)C(=O)NS1(=O)=O. The standard InChI is InChI=1S/C37H53ClN4O4S/c1-26-7-6-9-30(23-41-19-17-40(3)18-20-41)34-14-11-31(34)24-42-16-5-4-8-28-21-33(38)13-10-32(28)25-46-36-15-12-29(22-35(36)42)37(43)39-47(44,45)27(26)2/h10,12-13,15,21-22,26-27,30-31,34H,4-9,11,14,16-20,23-25H2,1-3H3,(H,39,43)/t26-,27+,30+,31-,34-/m0/s1. The number of piperazine rings is 1. The second-order valence-corrected chi connectivity index (χ2v) is 17.2. The number of anilines is 1. The molecule has 47 heavy (non-hydrogen) atoms. The van der Waals surface area contributed by atoms with Crippen molar-refractivity contribution in [3.63, 3.8) is 0 Å². The van der Waals surface area contributed by atoms with Crippen LogP contribution in [0.15, 0.2) is 36.4 Å².